The summed E-state index contributed by atoms with van der Waals surface area (Å²) in [6.07, 6.45) is 0. The topological polar surface area (TPSA) is 38.3 Å². The van der Waals surface area contributed by atoms with E-state index in [4.69, 9.17) is 16.3 Å². The molecule has 1 unspecified atom stereocenters. The molecule has 0 aliphatic carbocycles. The highest BCUT2D eigenvalue weighted by Crippen LogP contribution is 2.16. The summed E-state index contributed by atoms with van der Waals surface area (Å²) in [5.41, 5.74) is 0.712. The molecule has 0 aliphatic heterocycles. The van der Waals surface area contributed by atoms with Crippen molar-refractivity contribution >= 4 is 17.5 Å². The van der Waals surface area contributed by atoms with Crippen LogP contribution in [0.3, 0.4) is 0 Å². The third-order valence-corrected chi connectivity index (χ3v) is 2.64. The fraction of sp³-hybridized carbons (Fsp3) is 0.500. The van der Waals surface area contributed by atoms with Gasteiger partial charge in [0.25, 0.3) is 0 Å². The summed E-state index contributed by atoms with van der Waals surface area (Å²) >= 11 is 5.81. The number of nitrogens with one attached hydrogen (secondary N) is 1. The molecule has 0 bridgehead atoms. The summed E-state index contributed by atoms with van der Waals surface area (Å²) in [5.74, 6) is -0.118. The van der Waals surface area contributed by atoms with Gasteiger partial charge in [-0.1, -0.05) is 23.7 Å². The van der Waals surface area contributed by atoms with Gasteiger partial charge in [0.15, 0.2) is 0 Å². The van der Waals surface area contributed by atoms with Crippen molar-refractivity contribution in [3.8, 4) is 0 Å². The molecule has 3 nitrogen and oxygen atoms in total. The minimum absolute atomic E-state index is 0.0571. The Labute approximate surface area is 113 Å². The molecule has 1 aromatic rings. The number of carbonyl (C=O) groups excluding carboxylic acids is 1. The van der Waals surface area contributed by atoms with Crippen LogP contribution in [-0.2, 0) is 9.53 Å². The Hall–Kier alpha value is -1.06. The third-order valence-electron chi connectivity index (χ3n) is 2.38. The van der Waals surface area contributed by atoms with Gasteiger partial charge in [-0.3, -0.25) is 4.79 Å². The number of ether oxygens (including phenoxy) is 1. The van der Waals surface area contributed by atoms with Gasteiger partial charge in [0.2, 0.25) is 5.91 Å². The van der Waals surface area contributed by atoms with Crippen molar-refractivity contribution in [1.82, 2.24) is 5.32 Å². The maximum Gasteiger partial charge on any atom is 0.246 e. The Morgan fingerprint density at radius 2 is 1.89 bits per heavy atom. The van der Waals surface area contributed by atoms with Crippen molar-refractivity contribution in [3.05, 3.63) is 34.9 Å². The zero-order valence-electron chi connectivity index (χ0n) is 11.3. The van der Waals surface area contributed by atoms with Gasteiger partial charge >= 0.3 is 0 Å². The predicted molar refractivity (Wildman–Crippen MR) is 73.7 cm³/mol. The number of benzene rings is 1. The highest BCUT2D eigenvalue weighted by Gasteiger charge is 2.14. The van der Waals surface area contributed by atoms with Gasteiger partial charge in [0.1, 0.15) is 6.61 Å². The molecule has 0 aromatic heterocycles. The van der Waals surface area contributed by atoms with E-state index < -0.39 is 0 Å². The predicted octanol–water partition coefficient (Wildman–Crippen LogP) is 3.33. The lowest BCUT2D eigenvalue weighted by molar-refractivity contribution is -0.131. The van der Waals surface area contributed by atoms with E-state index >= 15 is 0 Å². The second kappa shape index (κ2) is 6.21. The zero-order chi connectivity index (χ0) is 13.8. The lowest BCUT2D eigenvalue weighted by atomic mass is 10.1. The summed E-state index contributed by atoms with van der Waals surface area (Å²) in [6, 6.07) is 7.37. The number of hydrogen-bond acceptors (Lipinski definition) is 2. The van der Waals surface area contributed by atoms with Gasteiger partial charge < -0.3 is 10.1 Å². The zero-order valence-corrected chi connectivity index (χ0v) is 12.0. The first-order chi connectivity index (χ1) is 8.28. The van der Waals surface area contributed by atoms with E-state index in [1.807, 2.05) is 52.0 Å². The van der Waals surface area contributed by atoms with Crippen molar-refractivity contribution in [3.63, 3.8) is 0 Å². The first kappa shape index (κ1) is 15.0. The molecule has 0 heterocycles. The summed E-state index contributed by atoms with van der Waals surface area (Å²) in [7, 11) is 0. The highest BCUT2D eigenvalue weighted by atomic mass is 35.5. The molecule has 0 spiro atoms. The van der Waals surface area contributed by atoms with Crippen molar-refractivity contribution in [2.45, 2.75) is 39.3 Å². The van der Waals surface area contributed by atoms with Crippen LogP contribution in [0, 0.1) is 0 Å². The summed E-state index contributed by atoms with van der Waals surface area (Å²) in [6.45, 7) is 7.76. The molecule has 0 aliphatic rings. The Kier molecular flexibility index (Phi) is 5.17. The van der Waals surface area contributed by atoms with Crippen molar-refractivity contribution < 1.29 is 9.53 Å². The van der Waals surface area contributed by atoms with E-state index in [-0.39, 0.29) is 24.2 Å². The van der Waals surface area contributed by atoms with Gasteiger partial charge in [-0.25, -0.2) is 0 Å². The Morgan fingerprint density at radius 1 is 1.33 bits per heavy atom. The molecule has 0 saturated carbocycles. The van der Waals surface area contributed by atoms with Crippen LogP contribution in [0.25, 0.3) is 0 Å². The average molecular weight is 270 g/mol. The number of halogens is 1. The van der Waals surface area contributed by atoms with Gasteiger partial charge in [0, 0.05) is 5.02 Å². The molecule has 1 N–H and O–H groups in total. The second-order valence-corrected chi connectivity index (χ2v) is 5.68. The SMILES string of the molecule is CC(NC(=O)COC(C)(C)C)c1ccc(Cl)cc1. The average Bonchev–Trinajstić information content (AvgIpc) is 2.26. The van der Waals surface area contributed by atoms with Gasteiger partial charge in [0.05, 0.1) is 11.6 Å². The maximum atomic E-state index is 11.7. The first-order valence-electron chi connectivity index (χ1n) is 5.97. The van der Waals surface area contributed by atoms with Crippen molar-refractivity contribution in [2.24, 2.45) is 0 Å². The second-order valence-electron chi connectivity index (χ2n) is 5.24. The Balaban J connectivity index is 2.47. The number of rotatable bonds is 4. The van der Waals surface area contributed by atoms with Crippen LogP contribution in [0.2, 0.25) is 5.02 Å². The third kappa shape index (κ3) is 5.52. The van der Waals surface area contributed by atoms with Gasteiger partial charge in [-0.05, 0) is 45.4 Å². The number of amides is 1. The molecular weight excluding hydrogens is 250 g/mol. The molecule has 0 saturated heterocycles. The number of hydrogen-bond donors (Lipinski definition) is 1. The minimum atomic E-state index is -0.305. The molecule has 1 amide bonds. The van der Waals surface area contributed by atoms with Crippen LogP contribution < -0.4 is 5.32 Å². The molecule has 100 valence electrons. The van der Waals surface area contributed by atoms with E-state index in [2.05, 4.69) is 5.32 Å². The van der Waals surface area contributed by atoms with Crippen LogP contribution >= 0.6 is 11.6 Å². The summed E-state index contributed by atoms with van der Waals surface area (Å²) in [4.78, 5) is 11.7. The van der Waals surface area contributed by atoms with Gasteiger partial charge in [-0.2, -0.15) is 0 Å². The van der Waals surface area contributed by atoms with Crippen LogP contribution in [0.4, 0.5) is 0 Å². The standard InChI is InChI=1S/C14H20ClNO2/c1-10(11-5-7-12(15)8-6-11)16-13(17)9-18-14(2,3)4/h5-8,10H,9H2,1-4H3,(H,16,17). The first-order valence-corrected chi connectivity index (χ1v) is 6.34. The monoisotopic (exact) mass is 269 g/mol. The van der Waals surface area contributed by atoms with Crippen LogP contribution in [0.1, 0.15) is 39.3 Å². The van der Waals surface area contributed by atoms with E-state index in [1.165, 1.54) is 0 Å². The molecule has 0 fully saturated rings. The normalized spacial score (nSPS) is 13.2. The minimum Gasteiger partial charge on any atom is -0.366 e. The summed E-state index contributed by atoms with van der Waals surface area (Å²) in [5, 5.41) is 3.57. The highest BCUT2D eigenvalue weighted by molar-refractivity contribution is 6.30. The van der Waals surface area contributed by atoms with E-state index in [9.17, 15) is 4.79 Å². The van der Waals surface area contributed by atoms with E-state index in [0.29, 0.717) is 5.02 Å². The van der Waals surface area contributed by atoms with Crippen LogP contribution in [0.15, 0.2) is 24.3 Å². The van der Waals surface area contributed by atoms with Crippen molar-refractivity contribution in [2.75, 3.05) is 6.61 Å². The molecule has 1 atom stereocenters. The number of carbonyl (C=O) groups is 1. The largest absolute Gasteiger partial charge is 0.366 e. The maximum absolute atomic E-state index is 11.7. The molecule has 0 radical (unpaired) electrons. The van der Waals surface area contributed by atoms with Gasteiger partial charge in [-0.15, -0.1) is 0 Å². The Bertz CT molecular complexity index is 395. The summed E-state index contributed by atoms with van der Waals surface area (Å²) < 4.78 is 5.41. The fourth-order valence-corrected chi connectivity index (χ4v) is 1.53. The molecular formula is C14H20ClNO2. The van der Waals surface area contributed by atoms with Crippen LogP contribution in [0.5, 0.6) is 0 Å². The van der Waals surface area contributed by atoms with E-state index in [1.54, 1.807) is 0 Å². The molecule has 1 aromatic carbocycles. The Morgan fingerprint density at radius 3 is 2.39 bits per heavy atom. The lowest BCUT2D eigenvalue weighted by Crippen LogP contribution is -2.33. The quantitative estimate of drug-likeness (QED) is 0.910. The molecule has 18 heavy (non-hydrogen) atoms. The molecule has 4 heteroatoms. The van der Waals surface area contributed by atoms with Crippen molar-refractivity contribution in [1.29, 1.82) is 0 Å². The smallest absolute Gasteiger partial charge is 0.246 e. The fourth-order valence-electron chi connectivity index (χ4n) is 1.40. The van der Waals surface area contributed by atoms with E-state index in [0.717, 1.165) is 5.56 Å². The van der Waals surface area contributed by atoms with Crippen LogP contribution in [-0.4, -0.2) is 18.1 Å². The molecule has 1 rings (SSSR count). The lowest BCUT2D eigenvalue weighted by Gasteiger charge is -2.20.